The second-order valence-corrected chi connectivity index (χ2v) is 6.04. The molecular formula is C14H17BrN2O3. The van der Waals surface area contributed by atoms with E-state index >= 15 is 0 Å². The number of rotatable bonds is 4. The molecule has 6 heteroatoms. The molecule has 0 bridgehead atoms. The standard InChI is InChI=1S/C14H17BrN2O3/c1-17(12-5-6-13(19)16-14(12)20)7-10-9(8-18)3-2-4-11(10)15/h3,8,12H,2,4-7H2,1H3,(H,16,19,20). The van der Waals surface area contributed by atoms with E-state index < -0.39 is 0 Å². The second-order valence-electron chi connectivity index (χ2n) is 5.08. The summed E-state index contributed by atoms with van der Waals surface area (Å²) >= 11 is 3.51. The Bertz CT molecular complexity index is 511. The fraction of sp³-hybridized carbons (Fsp3) is 0.500. The van der Waals surface area contributed by atoms with Crippen molar-refractivity contribution < 1.29 is 14.4 Å². The molecule has 5 nitrogen and oxygen atoms in total. The second kappa shape index (κ2) is 6.45. The minimum Gasteiger partial charge on any atom is -0.298 e. The van der Waals surface area contributed by atoms with E-state index in [0.717, 1.165) is 29.2 Å². The molecule has 2 amide bonds. The lowest BCUT2D eigenvalue weighted by Gasteiger charge is -2.31. The first-order chi connectivity index (χ1) is 9.52. The third kappa shape index (κ3) is 3.24. The van der Waals surface area contributed by atoms with Gasteiger partial charge in [0.05, 0.1) is 6.04 Å². The number of aldehydes is 1. The first-order valence-corrected chi connectivity index (χ1v) is 7.39. The molecule has 0 aromatic carbocycles. The van der Waals surface area contributed by atoms with Crippen LogP contribution in [0.5, 0.6) is 0 Å². The van der Waals surface area contributed by atoms with Crippen LogP contribution in [0.15, 0.2) is 21.7 Å². The Labute approximate surface area is 126 Å². The van der Waals surface area contributed by atoms with Gasteiger partial charge in [-0.15, -0.1) is 0 Å². The zero-order valence-electron chi connectivity index (χ0n) is 11.3. The highest BCUT2D eigenvalue weighted by atomic mass is 79.9. The number of nitrogens with zero attached hydrogens (tertiary/aromatic N) is 1. The highest BCUT2D eigenvalue weighted by molar-refractivity contribution is 9.11. The van der Waals surface area contributed by atoms with Gasteiger partial charge in [-0.3, -0.25) is 24.6 Å². The molecule has 20 heavy (non-hydrogen) atoms. The maximum atomic E-state index is 11.8. The fourth-order valence-electron chi connectivity index (χ4n) is 2.54. The third-order valence-corrected chi connectivity index (χ3v) is 4.56. The summed E-state index contributed by atoms with van der Waals surface area (Å²) < 4.78 is 1.02. The van der Waals surface area contributed by atoms with E-state index in [0.29, 0.717) is 25.0 Å². The van der Waals surface area contributed by atoms with Gasteiger partial charge in [0.25, 0.3) is 0 Å². The lowest BCUT2D eigenvalue weighted by molar-refractivity contribution is -0.137. The van der Waals surface area contributed by atoms with Crippen molar-refractivity contribution in [2.24, 2.45) is 0 Å². The Morgan fingerprint density at radius 3 is 2.85 bits per heavy atom. The van der Waals surface area contributed by atoms with Gasteiger partial charge in [0.1, 0.15) is 6.29 Å². The summed E-state index contributed by atoms with van der Waals surface area (Å²) in [4.78, 5) is 36.0. The van der Waals surface area contributed by atoms with Crippen molar-refractivity contribution in [2.45, 2.75) is 31.7 Å². The maximum absolute atomic E-state index is 11.8. The molecule has 1 N–H and O–H groups in total. The smallest absolute Gasteiger partial charge is 0.243 e. The number of hydrogen-bond acceptors (Lipinski definition) is 4. The van der Waals surface area contributed by atoms with Gasteiger partial charge < -0.3 is 0 Å². The monoisotopic (exact) mass is 340 g/mol. The largest absolute Gasteiger partial charge is 0.298 e. The van der Waals surface area contributed by atoms with Crippen LogP contribution in [0.4, 0.5) is 0 Å². The molecule has 1 aliphatic heterocycles. The van der Waals surface area contributed by atoms with Crippen LogP contribution >= 0.6 is 15.9 Å². The van der Waals surface area contributed by atoms with Crippen LogP contribution in [0.3, 0.4) is 0 Å². The zero-order valence-corrected chi connectivity index (χ0v) is 12.9. The lowest BCUT2D eigenvalue weighted by atomic mass is 9.97. The number of nitrogens with one attached hydrogen (secondary N) is 1. The summed E-state index contributed by atoms with van der Waals surface area (Å²) in [7, 11) is 1.84. The van der Waals surface area contributed by atoms with Crippen molar-refractivity contribution in [3.05, 3.63) is 21.7 Å². The van der Waals surface area contributed by atoms with Gasteiger partial charge in [-0.2, -0.15) is 0 Å². The summed E-state index contributed by atoms with van der Waals surface area (Å²) in [6.45, 7) is 0.511. The number of likely N-dealkylation sites (N-methyl/N-ethyl adjacent to an activating group) is 1. The number of piperidine rings is 1. The summed E-state index contributed by atoms with van der Waals surface area (Å²) in [6.07, 6.45) is 5.37. The Kier molecular flexibility index (Phi) is 4.88. The van der Waals surface area contributed by atoms with Crippen LogP contribution in [0, 0.1) is 0 Å². The van der Waals surface area contributed by atoms with Gasteiger partial charge in [-0.25, -0.2) is 0 Å². The number of carbonyl (C=O) groups is 3. The minimum atomic E-state index is -0.324. The Morgan fingerprint density at radius 1 is 1.45 bits per heavy atom. The minimum absolute atomic E-state index is 0.216. The van der Waals surface area contributed by atoms with Crippen molar-refractivity contribution in [2.75, 3.05) is 13.6 Å². The highest BCUT2D eigenvalue weighted by Gasteiger charge is 2.30. The van der Waals surface area contributed by atoms with Gasteiger partial charge in [0.15, 0.2) is 0 Å². The topological polar surface area (TPSA) is 66.5 Å². The van der Waals surface area contributed by atoms with Crippen LogP contribution < -0.4 is 5.32 Å². The van der Waals surface area contributed by atoms with Crippen molar-refractivity contribution in [3.63, 3.8) is 0 Å². The number of carbonyl (C=O) groups excluding carboxylic acids is 3. The van der Waals surface area contributed by atoms with E-state index in [1.807, 2.05) is 18.0 Å². The quantitative estimate of drug-likeness (QED) is 0.618. The number of imide groups is 1. The van der Waals surface area contributed by atoms with Crippen LogP contribution in [0.1, 0.15) is 25.7 Å². The molecule has 1 heterocycles. The van der Waals surface area contributed by atoms with Gasteiger partial charge >= 0.3 is 0 Å². The molecule has 0 aromatic heterocycles. The molecule has 0 spiro atoms. The Morgan fingerprint density at radius 2 is 2.20 bits per heavy atom. The molecule has 1 atom stereocenters. The first kappa shape index (κ1) is 15.1. The van der Waals surface area contributed by atoms with Gasteiger partial charge in [-0.1, -0.05) is 22.0 Å². The average Bonchev–Trinajstić information content (AvgIpc) is 2.40. The lowest BCUT2D eigenvalue weighted by Crippen LogP contribution is -2.51. The average molecular weight is 341 g/mol. The molecule has 2 aliphatic rings. The molecule has 1 unspecified atom stereocenters. The molecule has 0 saturated carbocycles. The Hall–Kier alpha value is -1.27. The summed E-state index contributed by atoms with van der Waals surface area (Å²) in [5.41, 5.74) is 1.61. The summed E-state index contributed by atoms with van der Waals surface area (Å²) in [6, 6.07) is -0.324. The predicted molar refractivity (Wildman–Crippen MR) is 78.1 cm³/mol. The number of amides is 2. The van der Waals surface area contributed by atoms with Gasteiger partial charge in [0.2, 0.25) is 11.8 Å². The fourth-order valence-corrected chi connectivity index (χ4v) is 3.13. The number of halogens is 1. The first-order valence-electron chi connectivity index (χ1n) is 6.60. The van der Waals surface area contributed by atoms with Crippen LogP contribution in [-0.4, -0.2) is 42.6 Å². The SMILES string of the molecule is CN(CC1=C(Br)CCC=C1C=O)C1CCC(=O)NC1=O. The Balaban J connectivity index is 2.09. The highest BCUT2D eigenvalue weighted by Crippen LogP contribution is 2.29. The van der Waals surface area contributed by atoms with Crippen molar-refractivity contribution in [3.8, 4) is 0 Å². The summed E-state index contributed by atoms with van der Waals surface area (Å²) in [5, 5.41) is 2.35. The summed E-state index contributed by atoms with van der Waals surface area (Å²) in [5.74, 6) is -0.473. The van der Waals surface area contributed by atoms with E-state index in [9.17, 15) is 14.4 Å². The maximum Gasteiger partial charge on any atom is 0.243 e. The van der Waals surface area contributed by atoms with Crippen LogP contribution in [0.2, 0.25) is 0 Å². The number of hydrogen-bond donors (Lipinski definition) is 1. The normalized spacial score (nSPS) is 23.8. The van der Waals surface area contributed by atoms with Crippen LogP contribution in [0.25, 0.3) is 0 Å². The molecule has 108 valence electrons. The van der Waals surface area contributed by atoms with E-state index in [1.165, 1.54) is 0 Å². The van der Waals surface area contributed by atoms with E-state index in [2.05, 4.69) is 21.2 Å². The van der Waals surface area contributed by atoms with E-state index in [4.69, 9.17) is 0 Å². The molecular weight excluding hydrogens is 324 g/mol. The molecule has 1 fully saturated rings. The third-order valence-electron chi connectivity index (χ3n) is 3.68. The number of allylic oxidation sites excluding steroid dienone is 2. The predicted octanol–water partition coefficient (Wildman–Crippen LogP) is 1.29. The van der Waals surface area contributed by atoms with Crippen molar-refractivity contribution >= 4 is 34.0 Å². The zero-order chi connectivity index (χ0) is 14.7. The molecule has 2 rings (SSSR count). The van der Waals surface area contributed by atoms with Crippen LogP contribution in [-0.2, 0) is 14.4 Å². The molecule has 1 saturated heterocycles. The van der Waals surface area contributed by atoms with Crippen molar-refractivity contribution in [1.29, 1.82) is 0 Å². The van der Waals surface area contributed by atoms with Gasteiger partial charge in [-0.05, 0) is 31.9 Å². The van der Waals surface area contributed by atoms with Gasteiger partial charge in [0, 0.05) is 23.0 Å². The van der Waals surface area contributed by atoms with E-state index in [-0.39, 0.29) is 17.9 Å². The van der Waals surface area contributed by atoms with E-state index in [1.54, 1.807) is 0 Å². The van der Waals surface area contributed by atoms with Crippen molar-refractivity contribution in [1.82, 2.24) is 10.2 Å². The molecule has 0 radical (unpaired) electrons. The molecule has 1 aliphatic carbocycles. The molecule has 0 aromatic rings.